The lowest BCUT2D eigenvalue weighted by molar-refractivity contribution is 0.0174. The highest BCUT2D eigenvalue weighted by atomic mass is 19.3. The summed E-state index contributed by atoms with van der Waals surface area (Å²) in [5.74, 6) is -2.72. The van der Waals surface area contributed by atoms with E-state index in [9.17, 15) is 8.78 Å². The minimum Gasteiger partial charge on any atom is -0.202 e. The van der Waals surface area contributed by atoms with Crippen molar-refractivity contribution in [1.29, 1.82) is 0 Å². The Hall–Kier alpha value is -0.920. The Bertz CT molecular complexity index is 284. The zero-order chi connectivity index (χ0) is 9.35. The lowest BCUT2D eigenvalue weighted by atomic mass is 10.0. The Labute approximate surface area is 71.2 Å². The van der Waals surface area contributed by atoms with Gasteiger partial charge >= 0.3 is 0 Å². The molecule has 0 spiro atoms. The molecule has 0 saturated heterocycles. The average molecular weight is 170 g/mol. The third kappa shape index (κ3) is 1.81. The molecule has 1 aromatic rings. The number of aryl methyl sites for hydroxylation is 2. The zero-order valence-corrected chi connectivity index (χ0v) is 7.49. The van der Waals surface area contributed by atoms with E-state index in [1.54, 1.807) is 6.07 Å². The van der Waals surface area contributed by atoms with Crippen molar-refractivity contribution in [1.82, 2.24) is 0 Å². The molecular weight excluding hydrogens is 158 g/mol. The molecule has 0 radical (unpaired) electrons. The van der Waals surface area contributed by atoms with Crippen LogP contribution in [-0.2, 0) is 5.92 Å². The summed E-state index contributed by atoms with van der Waals surface area (Å²) < 4.78 is 25.5. The molecule has 0 aliphatic carbocycles. The van der Waals surface area contributed by atoms with Crippen LogP contribution in [0.5, 0.6) is 0 Å². The van der Waals surface area contributed by atoms with Gasteiger partial charge in [0.05, 0.1) is 0 Å². The molecule has 2 heteroatoms. The molecule has 0 fully saturated rings. The molecule has 0 atom stereocenters. The van der Waals surface area contributed by atoms with E-state index in [1.165, 1.54) is 12.1 Å². The van der Waals surface area contributed by atoms with Gasteiger partial charge in [0.25, 0.3) is 5.92 Å². The van der Waals surface area contributed by atoms with E-state index in [0.29, 0.717) is 0 Å². The predicted octanol–water partition coefficient (Wildman–Crippen LogP) is 3.42. The van der Waals surface area contributed by atoms with Crippen molar-refractivity contribution in [3.05, 3.63) is 34.9 Å². The second kappa shape index (κ2) is 2.85. The van der Waals surface area contributed by atoms with Gasteiger partial charge in [-0.15, -0.1) is 0 Å². The fraction of sp³-hybridized carbons (Fsp3) is 0.400. The van der Waals surface area contributed by atoms with Crippen molar-refractivity contribution >= 4 is 0 Å². The van der Waals surface area contributed by atoms with Crippen LogP contribution < -0.4 is 0 Å². The SMILES string of the molecule is Cc1ccc(C(C)(F)F)cc1C. The summed E-state index contributed by atoms with van der Waals surface area (Å²) in [6.07, 6.45) is 0. The van der Waals surface area contributed by atoms with Gasteiger partial charge in [-0.2, -0.15) is 0 Å². The maximum absolute atomic E-state index is 12.8. The van der Waals surface area contributed by atoms with Crippen LogP contribution in [0.4, 0.5) is 8.78 Å². The van der Waals surface area contributed by atoms with Crippen LogP contribution in [-0.4, -0.2) is 0 Å². The molecule has 0 aliphatic heterocycles. The van der Waals surface area contributed by atoms with Gasteiger partial charge in [-0.05, 0) is 31.0 Å². The highest BCUT2D eigenvalue weighted by molar-refractivity contribution is 5.31. The second-order valence-corrected chi connectivity index (χ2v) is 3.19. The Balaban J connectivity index is 3.14. The normalized spacial score (nSPS) is 11.8. The molecule has 0 bridgehead atoms. The highest BCUT2D eigenvalue weighted by Crippen LogP contribution is 2.27. The lowest BCUT2D eigenvalue weighted by Crippen LogP contribution is -2.07. The van der Waals surface area contributed by atoms with E-state index in [1.807, 2.05) is 13.8 Å². The summed E-state index contributed by atoms with van der Waals surface area (Å²) in [5.41, 5.74) is 2.04. The molecule has 0 nitrogen and oxygen atoms in total. The van der Waals surface area contributed by atoms with E-state index in [0.717, 1.165) is 18.1 Å². The quantitative estimate of drug-likeness (QED) is 0.605. The largest absolute Gasteiger partial charge is 0.270 e. The first-order valence-electron chi connectivity index (χ1n) is 3.87. The van der Waals surface area contributed by atoms with Crippen LogP contribution in [0.2, 0.25) is 0 Å². The molecule has 12 heavy (non-hydrogen) atoms. The number of hydrogen-bond acceptors (Lipinski definition) is 0. The van der Waals surface area contributed by atoms with E-state index in [-0.39, 0.29) is 5.56 Å². The van der Waals surface area contributed by atoms with Gasteiger partial charge in [-0.3, -0.25) is 0 Å². The fourth-order valence-corrected chi connectivity index (χ4v) is 1.01. The third-order valence-corrected chi connectivity index (χ3v) is 2.01. The Morgan fingerprint density at radius 1 is 1.08 bits per heavy atom. The molecular formula is C10H12F2. The minimum atomic E-state index is -2.72. The molecule has 0 aliphatic rings. The van der Waals surface area contributed by atoms with E-state index >= 15 is 0 Å². The number of hydrogen-bond donors (Lipinski definition) is 0. The summed E-state index contributed by atoms with van der Waals surface area (Å²) in [5, 5.41) is 0. The summed E-state index contributed by atoms with van der Waals surface area (Å²) in [7, 11) is 0. The monoisotopic (exact) mass is 170 g/mol. The zero-order valence-electron chi connectivity index (χ0n) is 7.49. The smallest absolute Gasteiger partial charge is 0.202 e. The van der Waals surface area contributed by atoms with Gasteiger partial charge in [0, 0.05) is 12.5 Å². The molecule has 0 aromatic heterocycles. The highest BCUT2D eigenvalue weighted by Gasteiger charge is 2.23. The third-order valence-electron chi connectivity index (χ3n) is 2.01. The van der Waals surface area contributed by atoms with Crippen molar-refractivity contribution in [2.24, 2.45) is 0 Å². The average Bonchev–Trinajstić information content (AvgIpc) is 1.92. The summed E-state index contributed by atoms with van der Waals surface area (Å²) in [4.78, 5) is 0. The summed E-state index contributed by atoms with van der Waals surface area (Å²) in [6.45, 7) is 4.66. The topological polar surface area (TPSA) is 0 Å². The van der Waals surface area contributed by atoms with Crippen LogP contribution in [0.15, 0.2) is 18.2 Å². The van der Waals surface area contributed by atoms with Crippen molar-refractivity contribution < 1.29 is 8.78 Å². The first-order chi connectivity index (χ1) is 5.41. The standard InChI is InChI=1S/C10H12F2/c1-7-4-5-9(6-8(7)2)10(3,11)12/h4-6H,1-3H3. The van der Waals surface area contributed by atoms with Crippen LogP contribution >= 0.6 is 0 Å². The molecule has 0 saturated carbocycles. The van der Waals surface area contributed by atoms with Crippen LogP contribution in [0.25, 0.3) is 0 Å². The number of halogens is 2. The van der Waals surface area contributed by atoms with Crippen molar-refractivity contribution in [3.63, 3.8) is 0 Å². The Morgan fingerprint density at radius 3 is 2.08 bits per heavy atom. The predicted molar refractivity (Wildman–Crippen MR) is 45.5 cm³/mol. The molecule has 0 heterocycles. The maximum atomic E-state index is 12.8. The second-order valence-electron chi connectivity index (χ2n) is 3.19. The van der Waals surface area contributed by atoms with Crippen LogP contribution in [0.3, 0.4) is 0 Å². The molecule has 66 valence electrons. The Kier molecular flexibility index (Phi) is 2.18. The number of alkyl halides is 2. The van der Waals surface area contributed by atoms with Gasteiger partial charge in [0.1, 0.15) is 0 Å². The first-order valence-corrected chi connectivity index (χ1v) is 3.87. The van der Waals surface area contributed by atoms with Gasteiger partial charge in [-0.25, -0.2) is 8.78 Å². The fourth-order valence-electron chi connectivity index (χ4n) is 1.01. The van der Waals surface area contributed by atoms with Gasteiger partial charge in [0.2, 0.25) is 0 Å². The van der Waals surface area contributed by atoms with Gasteiger partial charge in [0.15, 0.2) is 0 Å². The van der Waals surface area contributed by atoms with E-state index in [4.69, 9.17) is 0 Å². The van der Waals surface area contributed by atoms with Gasteiger partial charge in [-0.1, -0.05) is 12.1 Å². The molecule has 0 N–H and O–H groups in total. The number of rotatable bonds is 1. The molecule has 1 rings (SSSR count). The van der Waals surface area contributed by atoms with Crippen molar-refractivity contribution in [3.8, 4) is 0 Å². The van der Waals surface area contributed by atoms with Gasteiger partial charge < -0.3 is 0 Å². The molecule has 0 amide bonds. The van der Waals surface area contributed by atoms with E-state index < -0.39 is 5.92 Å². The van der Waals surface area contributed by atoms with E-state index in [2.05, 4.69) is 0 Å². The van der Waals surface area contributed by atoms with Crippen LogP contribution in [0.1, 0.15) is 23.6 Å². The molecule has 1 aromatic carbocycles. The van der Waals surface area contributed by atoms with Crippen molar-refractivity contribution in [2.45, 2.75) is 26.7 Å². The summed E-state index contributed by atoms with van der Waals surface area (Å²) in [6, 6.07) is 4.74. The Morgan fingerprint density at radius 2 is 1.67 bits per heavy atom. The number of benzene rings is 1. The lowest BCUT2D eigenvalue weighted by Gasteiger charge is -2.11. The van der Waals surface area contributed by atoms with Crippen LogP contribution in [0, 0.1) is 13.8 Å². The first kappa shape index (κ1) is 9.17. The minimum absolute atomic E-state index is 0.0885. The van der Waals surface area contributed by atoms with Crippen molar-refractivity contribution in [2.75, 3.05) is 0 Å². The molecule has 0 unspecified atom stereocenters. The maximum Gasteiger partial charge on any atom is 0.270 e. The summed E-state index contributed by atoms with van der Waals surface area (Å²) >= 11 is 0.